The first-order valence-corrected chi connectivity index (χ1v) is 3.03. The van der Waals surface area contributed by atoms with Gasteiger partial charge < -0.3 is 5.73 Å². The van der Waals surface area contributed by atoms with E-state index in [1.165, 1.54) is 0 Å². The summed E-state index contributed by atoms with van der Waals surface area (Å²) in [7, 11) is 0. The molecule has 1 aromatic carbocycles. The Morgan fingerprint density at radius 1 is 1.36 bits per heavy atom. The van der Waals surface area contributed by atoms with Crippen molar-refractivity contribution in [3.63, 3.8) is 0 Å². The van der Waals surface area contributed by atoms with E-state index < -0.39 is 0 Å². The lowest BCUT2D eigenvalue weighted by Gasteiger charge is -1.92. The Morgan fingerprint density at radius 3 is 2.27 bits per heavy atom. The lowest BCUT2D eigenvalue weighted by molar-refractivity contribution is 1.42. The summed E-state index contributed by atoms with van der Waals surface area (Å²) in [6, 6.07) is 6.40. The number of nitrogens with one attached hydrogen (secondary N) is 1. The van der Waals surface area contributed by atoms with Gasteiger partial charge in [-0.1, -0.05) is 0 Å². The molecule has 0 amide bonds. The molecule has 1 rings (SSSR count). The molecule has 0 saturated heterocycles. The minimum absolute atomic E-state index is 0.00879. The summed E-state index contributed by atoms with van der Waals surface area (Å²) in [5, 5.41) is 15.4. The van der Waals surface area contributed by atoms with Gasteiger partial charge in [0, 0.05) is 17.7 Å². The smallest absolute Gasteiger partial charge is 0.384 e. The number of rotatable bonds is 1. The fourth-order valence-electron chi connectivity index (χ4n) is 0.708. The maximum atomic E-state index is 8.31. The highest BCUT2D eigenvalue weighted by Gasteiger charge is 2.02. The van der Waals surface area contributed by atoms with Crippen molar-refractivity contribution >= 4 is 11.5 Å². The molecule has 1 aromatic rings. The van der Waals surface area contributed by atoms with E-state index in [1.54, 1.807) is 24.3 Å². The molecule has 54 valence electrons. The van der Waals surface area contributed by atoms with Gasteiger partial charge in [0.05, 0.1) is 0 Å². The lowest BCUT2D eigenvalue weighted by Crippen LogP contribution is -2.10. The number of nitrogens with two attached hydrogens (primary N) is 1. The third-order valence-corrected chi connectivity index (χ3v) is 1.29. The van der Waals surface area contributed by atoms with E-state index in [-0.39, 0.29) is 5.84 Å². The second-order valence-corrected chi connectivity index (χ2v) is 2.06. The van der Waals surface area contributed by atoms with Crippen LogP contribution in [0.2, 0.25) is 0 Å². The molecule has 3 N–H and O–H groups in total. The van der Waals surface area contributed by atoms with Crippen molar-refractivity contribution in [1.82, 2.24) is 0 Å². The minimum atomic E-state index is 0.00879. The average molecular weight is 147 g/mol. The van der Waals surface area contributed by atoms with Crippen molar-refractivity contribution < 1.29 is 0 Å². The Kier molecular flexibility index (Phi) is 1.83. The minimum Gasteiger partial charge on any atom is -0.384 e. The van der Waals surface area contributed by atoms with Gasteiger partial charge in [-0.25, -0.2) is 0 Å². The zero-order chi connectivity index (χ0) is 8.27. The molecule has 0 aliphatic rings. The molecule has 0 aromatic heterocycles. The van der Waals surface area contributed by atoms with Crippen LogP contribution in [0.1, 0.15) is 5.56 Å². The largest absolute Gasteiger partial charge is 0.385 e. The van der Waals surface area contributed by atoms with Crippen LogP contribution in [0.25, 0.3) is 4.98 Å². The number of nitrogens with zero attached hydrogens (tertiary/aromatic N) is 2. The summed E-state index contributed by atoms with van der Waals surface area (Å²) in [5.41, 5.74) is 6.27. The van der Waals surface area contributed by atoms with Crippen molar-refractivity contribution in [2.45, 2.75) is 0 Å². The van der Waals surface area contributed by atoms with Crippen LogP contribution in [0.4, 0.5) is 5.69 Å². The molecule has 0 bridgehead atoms. The number of nitrogen functional groups attached to an aromatic ring is 1. The van der Waals surface area contributed by atoms with Gasteiger partial charge in [-0.05, 0) is 12.1 Å². The van der Waals surface area contributed by atoms with Gasteiger partial charge in [0.2, 0.25) is 5.39 Å². The molecule has 0 heterocycles. The second kappa shape index (κ2) is 2.80. The zero-order valence-corrected chi connectivity index (χ0v) is 5.78. The summed E-state index contributed by atoms with van der Waals surface area (Å²) in [4.78, 5) is 2.96. The summed E-state index contributed by atoms with van der Waals surface area (Å²) < 4.78 is 0. The Morgan fingerprint density at radius 2 is 1.91 bits per heavy atom. The topological polar surface area (TPSA) is 78.0 Å². The van der Waals surface area contributed by atoms with E-state index in [4.69, 9.17) is 16.5 Å². The van der Waals surface area contributed by atoms with Crippen LogP contribution in [-0.2, 0) is 0 Å². The van der Waals surface area contributed by atoms with Crippen LogP contribution >= 0.6 is 0 Å². The Hall–Kier alpha value is -1.89. The van der Waals surface area contributed by atoms with Gasteiger partial charge in [-0.2, -0.15) is 0 Å². The number of hydrogen-bond donors (Lipinski definition) is 2. The van der Waals surface area contributed by atoms with Gasteiger partial charge in [-0.3, -0.25) is 5.41 Å². The van der Waals surface area contributed by atoms with Crippen LogP contribution < -0.4 is 5.73 Å². The molecule has 0 saturated carbocycles. The van der Waals surface area contributed by atoms with E-state index in [0.717, 1.165) is 0 Å². The summed E-state index contributed by atoms with van der Waals surface area (Å²) in [6.07, 6.45) is 0. The van der Waals surface area contributed by atoms with Gasteiger partial charge in [-0.15, -0.1) is 0 Å². The highest BCUT2D eigenvalue weighted by molar-refractivity contribution is 5.95. The van der Waals surface area contributed by atoms with E-state index in [0.29, 0.717) is 11.3 Å². The SMILES string of the molecule is N#[N+]c1ccc(C(=N)N)cc1. The van der Waals surface area contributed by atoms with Crippen molar-refractivity contribution in [1.29, 1.82) is 10.8 Å². The predicted octanol–water partition coefficient (Wildman–Crippen LogP) is 1.46. The second-order valence-electron chi connectivity index (χ2n) is 2.06. The molecule has 0 aliphatic heterocycles. The van der Waals surface area contributed by atoms with Gasteiger partial charge >= 0.3 is 5.69 Å². The molecule has 4 nitrogen and oxygen atoms in total. The molecule has 4 heteroatoms. The molecular formula is C7H7N4+. The van der Waals surface area contributed by atoms with Crippen LogP contribution in [0, 0.1) is 10.8 Å². The maximum absolute atomic E-state index is 8.31. The molecule has 0 radical (unpaired) electrons. The van der Waals surface area contributed by atoms with E-state index in [1.807, 2.05) is 0 Å². The fraction of sp³-hybridized carbons (Fsp3) is 0. The molecule has 0 aliphatic carbocycles. The van der Waals surface area contributed by atoms with Gasteiger partial charge in [0.25, 0.3) is 0 Å². The Labute approximate surface area is 63.8 Å². The zero-order valence-electron chi connectivity index (χ0n) is 5.78. The third-order valence-electron chi connectivity index (χ3n) is 1.29. The number of benzene rings is 1. The summed E-state index contributed by atoms with van der Waals surface area (Å²) in [6.45, 7) is 0. The number of amidine groups is 1. The highest BCUT2D eigenvalue weighted by atomic mass is 14.8. The van der Waals surface area contributed by atoms with Crippen molar-refractivity contribution in [2.75, 3.05) is 0 Å². The predicted molar refractivity (Wildman–Crippen MR) is 42.2 cm³/mol. The first-order valence-electron chi connectivity index (χ1n) is 3.03. The van der Waals surface area contributed by atoms with Crippen LogP contribution in [-0.4, -0.2) is 5.84 Å². The molecule has 0 atom stereocenters. The quantitative estimate of drug-likeness (QED) is 0.358. The lowest BCUT2D eigenvalue weighted by atomic mass is 10.2. The van der Waals surface area contributed by atoms with Gasteiger partial charge in [0.15, 0.2) is 4.98 Å². The monoisotopic (exact) mass is 147 g/mol. The van der Waals surface area contributed by atoms with Gasteiger partial charge in [0.1, 0.15) is 5.84 Å². The number of diazo groups is 1. The molecular weight excluding hydrogens is 140 g/mol. The van der Waals surface area contributed by atoms with Crippen LogP contribution in [0.3, 0.4) is 0 Å². The first kappa shape index (κ1) is 7.22. The van der Waals surface area contributed by atoms with Crippen molar-refractivity contribution in [3.8, 4) is 0 Å². The molecule has 11 heavy (non-hydrogen) atoms. The normalized spacial score (nSPS) is 8.64. The summed E-state index contributed by atoms with van der Waals surface area (Å²) >= 11 is 0. The molecule has 0 spiro atoms. The first-order chi connectivity index (χ1) is 5.24. The molecule has 0 unspecified atom stereocenters. The highest BCUT2D eigenvalue weighted by Crippen LogP contribution is 2.11. The van der Waals surface area contributed by atoms with Crippen molar-refractivity contribution in [2.24, 2.45) is 5.73 Å². The van der Waals surface area contributed by atoms with E-state index in [2.05, 4.69) is 4.98 Å². The third kappa shape index (κ3) is 1.52. The summed E-state index contributed by atoms with van der Waals surface area (Å²) in [5.74, 6) is 0.00879. The fourth-order valence-corrected chi connectivity index (χ4v) is 0.708. The Balaban J connectivity index is 3.03. The van der Waals surface area contributed by atoms with E-state index in [9.17, 15) is 0 Å². The molecule has 0 fully saturated rings. The van der Waals surface area contributed by atoms with Crippen molar-refractivity contribution in [3.05, 3.63) is 34.8 Å². The maximum Gasteiger partial charge on any atom is 0.385 e. The van der Waals surface area contributed by atoms with Crippen LogP contribution in [0.15, 0.2) is 24.3 Å². The average Bonchev–Trinajstić information content (AvgIpc) is 2.05. The standard InChI is InChI=1S/C7H7N4/c8-7(9)5-1-3-6(11-10)4-2-5/h1-4H,(H3,8,9)/q+1. The number of hydrogen-bond acceptors (Lipinski definition) is 2. The van der Waals surface area contributed by atoms with Crippen LogP contribution in [0.5, 0.6) is 0 Å². The Bertz CT molecular complexity index is 306. The van der Waals surface area contributed by atoms with E-state index >= 15 is 0 Å².